The van der Waals surface area contributed by atoms with Crippen molar-refractivity contribution in [2.24, 2.45) is 11.3 Å². The Morgan fingerprint density at radius 3 is 2.32 bits per heavy atom. The Hall–Kier alpha value is -2.65. The van der Waals surface area contributed by atoms with E-state index in [1.165, 1.54) is 16.3 Å². The molecule has 2 aliphatic heterocycles. The van der Waals surface area contributed by atoms with E-state index in [2.05, 4.69) is 47.4 Å². The fourth-order valence-corrected chi connectivity index (χ4v) is 5.10. The normalized spacial score (nSPS) is 20.3. The van der Waals surface area contributed by atoms with Crippen LogP contribution in [0.25, 0.3) is 10.8 Å². The van der Waals surface area contributed by atoms with Crippen molar-refractivity contribution < 1.29 is 32.6 Å². The number of carboxylic acid groups (broad SMARTS) is 1. The number of alkyl halides is 3. The molecule has 4 rings (SSSR count). The van der Waals surface area contributed by atoms with E-state index < -0.39 is 12.1 Å². The third-order valence-electron chi connectivity index (χ3n) is 6.99. The maximum absolute atomic E-state index is 11.9. The van der Waals surface area contributed by atoms with Gasteiger partial charge in [0.05, 0.1) is 6.61 Å². The summed E-state index contributed by atoms with van der Waals surface area (Å²) >= 11 is 0. The average molecular weight is 481 g/mol. The third kappa shape index (κ3) is 6.07. The second-order valence-electron chi connectivity index (χ2n) is 9.13. The molecular weight excluding hydrogens is 449 g/mol. The number of carboxylic acids is 1. The summed E-state index contributed by atoms with van der Waals surface area (Å²) < 4.78 is 37.2. The molecule has 186 valence electrons. The van der Waals surface area contributed by atoms with Crippen molar-refractivity contribution >= 4 is 22.6 Å². The van der Waals surface area contributed by atoms with Gasteiger partial charge in [0.1, 0.15) is 0 Å². The van der Waals surface area contributed by atoms with Gasteiger partial charge in [-0.3, -0.25) is 9.69 Å². The van der Waals surface area contributed by atoms with Crippen LogP contribution in [0, 0.1) is 11.3 Å². The molecule has 1 N–H and O–H groups in total. The Morgan fingerprint density at radius 1 is 1.12 bits per heavy atom. The fraction of sp³-hybridized carbons (Fsp3) is 0.520. The van der Waals surface area contributed by atoms with E-state index >= 15 is 0 Å². The van der Waals surface area contributed by atoms with Crippen LogP contribution in [0.5, 0.6) is 0 Å². The molecule has 9 heteroatoms. The topological polar surface area (TPSA) is 70.1 Å². The van der Waals surface area contributed by atoms with E-state index in [1.807, 2.05) is 4.90 Å². The Kier molecular flexibility index (Phi) is 8.20. The van der Waals surface area contributed by atoms with Gasteiger partial charge >= 0.3 is 12.1 Å². The van der Waals surface area contributed by atoms with Crippen molar-refractivity contribution in [2.75, 3.05) is 39.9 Å². The van der Waals surface area contributed by atoms with Crippen molar-refractivity contribution in [3.8, 4) is 0 Å². The third-order valence-corrected chi connectivity index (χ3v) is 6.99. The van der Waals surface area contributed by atoms with Crippen LogP contribution in [0.4, 0.5) is 13.2 Å². The first-order valence-corrected chi connectivity index (χ1v) is 11.3. The number of hydrogen-bond donors (Lipinski definition) is 1. The van der Waals surface area contributed by atoms with E-state index in [9.17, 15) is 18.0 Å². The predicted octanol–water partition coefficient (Wildman–Crippen LogP) is 4.18. The summed E-state index contributed by atoms with van der Waals surface area (Å²) in [4.78, 5) is 25.4. The smallest absolute Gasteiger partial charge is 0.475 e. The number of carbonyl (C=O) groups excluding carboxylic acids is 1. The van der Waals surface area contributed by atoms with Crippen molar-refractivity contribution in [3.63, 3.8) is 0 Å². The molecule has 1 atom stereocenters. The first-order chi connectivity index (χ1) is 16.1. The van der Waals surface area contributed by atoms with Gasteiger partial charge in [0.2, 0.25) is 5.91 Å². The highest BCUT2D eigenvalue weighted by Gasteiger charge is 2.48. The highest BCUT2D eigenvalue weighted by Crippen LogP contribution is 2.45. The molecule has 2 aliphatic rings. The van der Waals surface area contributed by atoms with Gasteiger partial charge in [-0.15, -0.1) is 0 Å². The lowest BCUT2D eigenvalue weighted by Gasteiger charge is -2.42. The second-order valence-corrected chi connectivity index (χ2v) is 9.13. The summed E-state index contributed by atoms with van der Waals surface area (Å²) in [6.45, 7) is 7.39. The van der Waals surface area contributed by atoms with Crippen LogP contribution < -0.4 is 0 Å². The standard InChI is InChI=1S/C23H30N2O2.C2HF3O2/c1-18(26)25-15-21(16-27-2)23(17-25)10-12-24(13-11-23)14-20-8-5-7-19-6-3-4-9-22(19)20;3-2(4,5)1(6)7/h3-9,21H,10-17H2,1-2H3;(H,6,7). The average Bonchev–Trinajstić information content (AvgIpc) is 3.14. The number of carbonyl (C=O) groups is 2. The molecule has 2 aromatic rings. The van der Waals surface area contributed by atoms with Crippen molar-refractivity contribution in [1.29, 1.82) is 0 Å². The van der Waals surface area contributed by atoms with E-state index in [0.29, 0.717) is 5.92 Å². The number of rotatable bonds is 4. The maximum Gasteiger partial charge on any atom is 0.490 e. The lowest BCUT2D eigenvalue weighted by molar-refractivity contribution is -0.192. The van der Waals surface area contributed by atoms with E-state index in [1.54, 1.807) is 14.0 Å². The van der Waals surface area contributed by atoms with Crippen LogP contribution in [-0.2, 0) is 20.9 Å². The number of methoxy groups -OCH3 is 1. The maximum atomic E-state index is 11.9. The molecule has 34 heavy (non-hydrogen) atoms. The number of amides is 1. The Morgan fingerprint density at radius 2 is 1.74 bits per heavy atom. The molecule has 1 amide bonds. The van der Waals surface area contributed by atoms with Gasteiger partial charge in [-0.1, -0.05) is 42.5 Å². The Balaban J connectivity index is 0.000000406. The van der Waals surface area contributed by atoms with Crippen LogP contribution in [-0.4, -0.2) is 72.9 Å². The zero-order valence-electron chi connectivity index (χ0n) is 19.5. The molecule has 0 bridgehead atoms. The summed E-state index contributed by atoms with van der Waals surface area (Å²) in [6.07, 6.45) is -2.79. The minimum Gasteiger partial charge on any atom is -0.475 e. The number of likely N-dealkylation sites (tertiary alicyclic amines) is 2. The number of aliphatic carboxylic acids is 1. The largest absolute Gasteiger partial charge is 0.490 e. The van der Waals surface area contributed by atoms with Crippen LogP contribution in [0.1, 0.15) is 25.3 Å². The monoisotopic (exact) mass is 480 g/mol. The molecule has 2 fully saturated rings. The summed E-state index contributed by atoms with van der Waals surface area (Å²) in [5, 5.41) is 9.80. The van der Waals surface area contributed by atoms with Crippen molar-refractivity contribution in [2.45, 2.75) is 32.5 Å². The lowest BCUT2D eigenvalue weighted by atomic mass is 9.71. The van der Waals surface area contributed by atoms with Gasteiger partial charge in [0.25, 0.3) is 0 Å². The molecule has 0 saturated carbocycles. The van der Waals surface area contributed by atoms with Gasteiger partial charge in [-0.25, -0.2) is 4.79 Å². The van der Waals surface area contributed by atoms with Crippen LogP contribution in [0.3, 0.4) is 0 Å². The molecule has 0 radical (unpaired) electrons. The molecule has 1 unspecified atom stereocenters. The highest BCUT2D eigenvalue weighted by molar-refractivity contribution is 5.85. The van der Waals surface area contributed by atoms with Gasteiger partial charge < -0.3 is 14.7 Å². The van der Waals surface area contributed by atoms with Gasteiger partial charge in [0, 0.05) is 39.6 Å². The molecular formula is C25H31F3N2O4. The predicted molar refractivity (Wildman–Crippen MR) is 122 cm³/mol. The fourth-order valence-electron chi connectivity index (χ4n) is 5.10. The number of ether oxygens (including phenoxy) is 1. The first-order valence-electron chi connectivity index (χ1n) is 11.3. The zero-order chi connectivity index (χ0) is 24.9. The molecule has 2 aromatic carbocycles. The highest BCUT2D eigenvalue weighted by atomic mass is 19.4. The van der Waals surface area contributed by atoms with E-state index in [4.69, 9.17) is 14.6 Å². The van der Waals surface area contributed by atoms with Gasteiger partial charge in [0.15, 0.2) is 0 Å². The van der Waals surface area contributed by atoms with Crippen LogP contribution in [0.15, 0.2) is 42.5 Å². The Labute approximate surface area is 197 Å². The lowest BCUT2D eigenvalue weighted by Crippen LogP contribution is -2.45. The van der Waals surface area contributed by atoms with E-state index in [0.717, 1.165) is 52.2 Å². The number of fused-ring (bicyclic) bond motifs is 1. The zero-order valence-corrected chi connectivity index (χ0v) is 19.5. The summed E-state index contributed by atoms with van der Waals surface area (Å²) in [6, 6.07) is 15.3. The minimum absolute atomic E-state index is 0.200. The molecule has 2 heterocycles. The molecule has 1 spiro atoms. The van der Waals surface area contributed by atoms with E-state index in [-0.39, 0.29) is 11.3 Å². The first kappa shape index (κ1) is 26.0. The summed E-state index contributed by atoms with van der Waals surface area (Å²) in [5.74, 6) is -2.09. The van der Waals surface area contributed by atoms with Crippen molar-refractivity contribution in [3.05, 3.63) is 48.0 Å². The number of halogens is 3. The quantitative estimate of drug-likeness (QED) is 0.711. The number of piperidine rings is 1. The van der Waals surface area contributed by atoms with Gasteiger partial charge in [-0.2, -0.15) is 13.2 Å². The second kappa shape index (κ2) is 10.7. The number of nitrogens with zero attached hydrogens (tertiary/aromatic N) is 2. The molecule has 0 aromatic heterocycles. The number of benzene rings is 2. The summed E-state index contributed by atoms with van der Waals surface area (Å²) in [5.41, 5.74) is 1.64. The summed E-state index contributed by atoms with van der Waals surface area (Å²) in [7, 11) is 1.78. The molecule has 0 aliphatic carbocycles. The van der Waals surface area contributed by atoms with Crippen LogP contribution >= 0.6 is 0 Å². The minimum atomic E-state index is -5.08. The van der Waals surface area contributed by atoms with Crippen molar-refractivity contribution in [1.82, 2.24) is 9.80 Å². The number of hydrogen-bond acceptors (Lipinski definition) is 4. The van der Waals surface area contributed by atoms with Crippen LogP contribution in [0.2, 0.25) is 0 Å². The molecule has 6 nitrogen and oxygen atoms in total. The SMILES string of the molecule is COCC1CN(C(C)=O)CC12CCN(Cc1cccc3ccccc13)CC2.O=C(O)C(F)(F)F. The Bertz CT molecular complexity index is 998. The van der Waals surface area contributed by atoms with Gasteiger partial charge in [-0.05, 0) is 47.7 Å². The molecule has 2 saturated heterocycles.